The maximum Gasteiger partial charge on any atom is 0.326 e. The van der Waals surface area contributed by atoms with Crippen molar-refractivity contribution in [1.82, 2.24) is 5.32 Å². The number of carboxylic acid groups (broad SMARTS) is 1. The molecule has 0 aromatic heterocycles. The largest absolute Gasteiger partial charge is 0.480 e. The van der Waals surface area contributed by atoms with Crippen LogP contribution in [0.25, 0.3) is 0 Å². The molecule has 1 rings (SSSR count). The third-order valence-corrected chi connectivity index (χ3v) is 3.39. The molecule has 3 N–H and O–H groups in total. The van der Waals surface area contributed by atoms with Crippen LogP contribution in [0.3, 0.4) is 0 Å². The predicted octanol–water partition coefficient (Wildman–Crippen LogP) is 2.94. The zero-order chi connectivity index (χ0) is 16.2. The molecule has 112 valence electrons. The van der Waals surface area contributed by atoms with E-state index in [0.717, 1.165) is 0 Å². The van der Waals surface area contributed by atoms with Gasteiger partial charge in [0.2, 0.25) is 0 Å². The molecule has 1 aromatic carbocycles. The SMILES string of the molecule is CC(C)(C)[C@@H](NC(=O)Nc1ccc(C#N)cc1Br)C(=O)O. The Bertz CT molecular complexity index is 602. The van der Waals surface area contributed by atoms with Crippen LogP contribution in [-0.4, -0.2) is 23.1 Å². The van der Waals surface area contributed by atoms with E-state index < -0.39 is 23.5 Å². The topological polar surface area (TPSA) is 102 Å². The van der Waals surface area contributed by atoms with Gasteiger partial charge < -0.3 is 15.7 Å². The van der Waals surface area contributed by atoms with E-state index in [1.165, 1.54) is 0 Å². The van der Waals surface area contributed by atoms with Gasteiger partial charge in [0.05, 0.1) is 17.3 Å². The van der Waals surface area contributed by atoms with Gasteiger partial charge in [-0.1, -0.05) is 20.8 Å². The summed E-state index contributed by atoms with van der Waals surface area (Å²) in [5, 5.41) is 22.9. The van der Waals surface area contributed by atoms with Crippen LogP contribution in [0.2, 0.25) is 0 Å². The summed E-state index contributed by atoms with van der Waals surface area (Å²) in [6, 6.07) is 5.02. The number of halogens is 1. The van der Waals surface area contributed by atoms with Crippen molar-refractivity contribution < 1.29 is 14.7 Å². The standard InChI is InChI=1S/C14H16BrN3O3/c1-14(2,3)11(12(19)20)18-13(21)17-10-5-4-8(7-16)6-9(10)15/h4-6,11H,1-3H3,(H,19,20)(H2,17,18,21)/t11-/m0/s1. The Kier molecular flexibility index (Phi) is 5.33. The third-order valence-electron chi connectivity index (χ3n) is 2.73. The highest BCUT2D eigenvalue weighted by molar-refractivity contribution is 9.10. The molecule has 0 bridgehead atoms. The van der Waals surface area contributed by atoms with Crippen LogP contribution in [0.15, 0.2) is 22.7 Å². The number of hydrogen-bond donors (Lipinski definition) is 3. The lowest BCUT2D eigenvalue weighted by atomic mass is 9.87. The minimum Gasteiger partial charge on any atom is -0.480 e. The fourth-order valence-electron chi connectivity index (χ4n) is 1.62. The lowest BCUT2D eigenvalue weighted by Gasteiger charge is -2.27. The summed E-state index contributed by atoms with van der Waals surface area (Å²) in [6.07, 6.45) is 0. The number of nitrogens with one attached hydrogen (secondary N) is 2. The van der Waals surface area contributed by atoms with Gasteiger partial charge in [-0.3, -0.25) is 0 Å². The van der Waals surface area contributed by atoms with Crippen LogP contribution in [-0.2, 0) is 4.79 Å². The van der Waals surface area contributed by atoms with E-state index in [1.54, 1.807) is 39.0 Å². The van der Waals surface area contributed by atoms with E-state index in [0.29, 0.717) is 15.7 Å². The van der Waals surface area contributed by atoms with Crippen LogP contribution in [0.4, 0.5) is 10.5 Å². The van der Waals surface area contributed by atoms with Crippen molar-refractivity contribution in [3.05, 3.63) is 28.2 Å². The zero-order valence-corrected chi connectivity index (χ0v) is 13.5. The second-order valence-electron chi connectivity index (χ2n) is 5.54. The summed E-state index contributed by atoms with van der Waals surface area (Å²) >= 11 is 3.24. The highest BCUT2D eigenvalue weighted by Crippen LogP contribution is 2.24. The number of rotatable bonds is 3. The van der Waals surface area contributed by atoms with Crippen LogP contribution in [0.5, 0.6) is 0 Å². The average molecular weight is 354 g/mol. The van der Waals surface area contributed by atoms with Crippen molar-refractivity contribution >= 4 is 33.6 Å². The van der Waals surface area contributed by atoms with E-state index in [9.17, 15) is 9.59 Å². The summed E-state index contributed by atoms with van der Waals surface area (Å²) in [7, 11) is 0. The maximum atomic E-state index is 11.9. The first-order valence-corrected chi connectivity index (χ1v) is 6.94. The fourth-order valence-corrected chi connectivity index (χ4v) is 2.10. The number of nitrogens with zero attached hydrogens (tertiary/aromatic N) is 1. The second-order valence-corrected chi connectivity index (χ2v) is 6.40. The molecule has 0 saturated carbocycles. The summed E-state index contributed by atoms with van der Waals surface area (Å²) in [4.78, 5) is 23.1. The zero-order valence-electron chi connectivity index (χ0n) is 11.9. The number of carbonyl (C=O) groups excluding carboxylic acids is 1. The second kappa shape index (κ2) is 6.59. The monoisotopic (exact) mass is 353 g/mol. The van der Waals surface area contributed by atoms with Crippen molar-refractivity contribution in [3.8, 4) is 6.07 Å². The van der Waals surface area contributed by atoms with E-state index >= 15 is 0 Å². The number of urea groups is 1. The Morgan fingerprint density at radius 3 is 2.43 bits per heavy atom. The first-order valence-electron chi connectivity index (χ1n) is 6.15. The lowest BCUT2D eigenvalue weighted by molar-refractivity contribution is -0.141. The first kappa shape index (κ1) is 17.0. The van der Waals surface area contributed by atoms with Gasteiger partial charge >= 0.3 is 12.0 Å². The number of aliphatic carboxylic acids is 1. The number of hydrogen-bond acceptors (Lipinski definition) is 3. The number of benzene rings is 1. The highest BCUT2D eigenvalue weighted by Gasteiger charge is 2.32. The molecular weight excluding hydrogens is 338 g/mol. The average Bonchev–Trinajstić information content (AvgIpc) is 2.36. The van der Waals surface area contributed by atoms with Gasteiger partial charge in [-0.05, 0) is 39.5 Å². The number of nitriles is 1. The molecule has 6 nitrogen and oxygen atoms in total. The molecule has 0 heterocycles. The molecular formula is C14H16BrN3O3. The van der Waals surface area contributed by atoms with Crippen molar-refractivity contribution in [2.24, 2.45) is 5.41 Å². The number of carboxylic acids is 1. The van der Waals surface area contributed by atoms with Crippen LogP contribution in [0, 0.1) is 16.7 Å². The Hall–Kier alpha value is -2.07. The predicted molar refractivity (Wildman–Crippen MR) is 81.9 cm³/mol. The Balaban J connectivity index is 2.82. The van der Waals surface area contributed by atoms with E-state index in [4.69, 9.17) is 10.4 Å². The summed E-state index contributed by atoms with van der Waals surface area (Å²) in [5.74, 6) is -1.10. The first-order chi connectivity index (χ1) is 9.65. The molecule has 0 fully saturated rings. The van der Waals surface area contributed by atoms with Gasteiger partial charge in [-0.15, -0.1) is 0 Å². The van der Waals surface area contributed by atoms with E-state index in [2.05, 4.69) is 26.6 Å². The molecule has 0 radical (unpaired) electrons. The molecule has 0 aliphatic carbocycles. The van der Waals surface area contributed by atoms with Gasteiger partial charge in [-0.2, -0.15) is 5.26 Å². The Morgan fingerprint density at radius 1 is 1.38 bits per heavy atom. The van der Waals surface area contributed by atoms with Crippen LogP contribution in [0.1, 0.15) is 26.3 Å². The van der Waals surface area contributed by atoms with Gasteiger partial charge in [0.15, 0.2) is 0 Å². The molecule has 21 heavy (non-hydrogen) atoms. The molecule has 7 heteroatoms. The van der Waals surface area contributed by atoms with Crippen molar-refractivity contribution in [2.75, 3.05) is 5.32 Å². The smallest absolute Gasteiger partial charge is 0.326 e. The maximum absolute atomic E-state index is 11.9. The molecule has 0 aliphatic rings. The molecule has 1 atom stereocenters. The summed E-state index contributed by atoms with van der Waals surface area (Å²) in [5.41, 5.74) is 0.279. The summed E-state index contributed by atoms with van der Waals surface area (Å²) < 4.78 is 0.541. The molecule has 0 saturated heterocycles. The highest BCUT2D eigenvalue weighted by atomic mass is 79.9. The van der Waals surface area contributed by atoms with Crippen molar-refractivity contribution in [1.29, 1.82) is 5.26 Å². The third kappa shape index (κ3) is 4.76. The van der Waals surface area contributed by atoms with E-state index in [-0.39, 0.29) is 0 Å². The molecule has 0 spiro atoms. The van der Waals surface area contributed by atoms with Crippen molar-refractivity contribution in [2.45, 2.75) is 26.8 Å². The quantitative estimate of drug-likeness (QED) is 0.777. The van der Waals surface area contributed by atoms with Crippen molar-refractivity contribution in [3.63, 3.8) is 0 Å². The van der Waals surface area contributed by atoms with Gasteiger partial charge in [0.1, 0.15) is 6.04 Å². The molecule has 0 aliphatic heterocycles. The number of amides is 2. The van der Waals surface area contributed by atoms with Gasteiger partial charge in [-0.25, -0.2) is 9.59 Å². The minimum atomic E-state index is -1.10. The normalized spacial score (nSPS) is 12.1. The summed E-state index contributed by atoms with van der Waals surface area (Å²) in [6.45, 7) is 5.18. The number of anilines is 1. The minimum absolute atomic E-state index is 0.449. The van der Waals surface area contributed by atoms with Crippen LogP contribution >= 0.6 is 15.9 Å². The molecule has 2 amide bonds. The number of carbonyl (C=O) groups is 2. The van der Waals surface area contributed by atoms with Gasteiger partial charge in [0, 0.05) is 4.47 Å². The lowest BCUT2D eigenvalue weighted by Crippen LogP contribution is -2.50. The Labute approximate surface area is 131 Å². The van der Waals surface area contributed by atoms with E-state index in [1.807, 2.05) is 6.07 Å². The Morgan fingerprint density at radius 2 is 2.00 bits per heavy atom. The molecule has 0 unspecified atom stereocenters. The van der Waals surface area contributed by atoms with Crippen LogP contribution < -0.4 is 10.6 Å². The molecule has 1 aromatic rings. The fraction of sp³-hybridized carbons (Fsp3) is 0.357. The van der Waals surface area contributed by atoms with Gasteiger partial charge in [0.25, 0.3) is 0 Å².